The highest BCUT2D eigenvalue weighted by atomic mass is 32.1. The monoisotopic (exact) mass is 365 g/mol. The van der Waals surface area contributed by atoms with Crippen molar-refractivity contribution >= 4 is 17.3 Å². The van der Waals surface area contributed by atoms with Crippen LogP contribution in [0.4, 0.5) is 0 Å². The number of aromatic nitrogens is 1. The molecule has 5 nitrogen and oxygen atoms in total. The molecular formula is C19H35N5S. The molecule has 1 heterocycles. The molecule has 142 valence electrons. The summed E-state index contributed by atoms with van der Waals surface area (Å²) in [5.74, 6) is 2.13. The van der Waals surface area contributed by atoms with Crippen molar-refractivity contribution in [1.82, 2.24) is 20.5 Å². The van der Waals surface area contributed by atoms with Crippen molar-refractivity contribution in [3.63, 3.8) is 0 Å². The summed E-state index contributed by atoms with van der Waals surface area (Å²) in [5.41, 5.74) is 1.40. The largest absolute Gasteiger partial charge is 0.355 e. The van der Waals surface area contributed by atoms with Crippen molar-refractivity contribution in [2.75, 3.05) is 27.7 Å². The lowest BCUT2D eigenvalue weighted by atomic mass is 9.75. The summed E-state index contributed by atoms with van der Waals surface area (Å²) in [5, 5.41) is 10.2. The zero-order chi connectivity index (χ0) is 18.4. The molecule has 0 amide bonds. The fraction of sp³-hybridized carbons (Fsp3) is 0.789. The Bertz CT molecular complexity index is 566. The molecule has 0 saturated heterocycles. The van der Waals surface area contributed by atoms with Crippen LogP contribution in [0.5, 0.6) is 0 Å². The van der Waals surface area contributed by atoms with Gasteiger partial charge >= 0.3 is 0 Å². The average Bonchev–Trinajstić information content (AvgIpc) is 3.04. The minimum atomic E-state index is 0.223. The Labute approximate surface area is 157 Å². The Hall–Kier alpha value is -1.14. The van der Waals surface area contributed by atoms with Gasteiger partial charge in [-0.05, 0) is 38.8 Å². The van der Waals surface area contributed by atoms with Crippen LogP contribution < -0.4 is 10.6 Å². The molecule has 6 heteroatoms. The molecule has 0 aromatic carbocycles. The number of hydrogen-bond donors (Lipinski definition) is 2. The SMILES string of the molecule is CN=C(NCc1nc(C(C)C)cs1)NCC1(N(C)C)CCCC(C)C1. The number of thiazole rings is 1. The van der Waals surface area contributed by atoms with Crippen molar-refractivity contribution in [1.29, 1.82) is 0 Å². The topological polar surface area (TPSA) is 52.6 Å². The van der Waals surface area contributed by atoms with E-state index in [-0.39, 0.29) is 5.54 Å². The second-order valence-corrected chi connectivity index (χ2v) is 8.86. The molecule has 0 bridgehead atoms. The van der Waals surface area contributed by atoms with E-state index in [1.54, 1.807) is 11.3 Å². The van der Waals surface area contributed by atoms with Crippen molar-refractivity contribution in [3.8, 4) is 0 Å². The standard InChI is InChI=1S/C19H35N5S/c1-14(2)16-12-25-17(23-16)11-21-18(20-4)22-13-19(24(5)6)9-7-8-15(3)10-19/h12,14-15H,7-11,13H2,1-6H3,(H2,20,21,22). The van der Waals surface area contributed by atoms with Crippen LogP contribution in [0.25, 0.3) is 0 Å². The van der Waals surface area contributed by atoms with Crippen LogP contribution in [-0.4, -0.2) is 49.1 Å². The van der Waals surface area contributed by atoms with E-state index in [1.807, 2.05) is 7.05 Å². The van der Waals surface area contributed by atoms with Crippen molar-refractivity contribution < 1.29 is 0 Å². The van der Waals surface area contributed by atoms with Gasteiger partial charge in [0.2, 0.25) is 0 Å². The van der Waals surface area contributed by atoms with E-state index < -0.39 is 0 Å². The summed E-state index contributed by atoms with van der Waals surface area (Å²) in [6.07, 6.45) is 5.15. The van der Waals surface area contributed by atoms with Crippen LogP contribution in [0.15, 0.2) is 10.4 Å². The normalized spacial score (nSPS) is 24.8. The Morgan fingerprint density at radius 1 is 1.44 bits per heavy atom. The highest BCUT2D eigenvalue weighted by Crippen LogP contribution is 2.35. The van der Waals surface area contributed by atoms with Gasteiger partial charge in [-0.3, -0.25) is 4.99 Å². The maximum absolute atomic E-state index is 4.68. The summed E-state index contributed by atoms with van der Waals surface area (Å²) >= 11 is 1.72. The molecule has 1 aliphatic rings. The van der Waals surface area contributed by atoms with E-state index in [2.05, 4.69) is 65.8 Å². The number of hydrogen-bond acceptors (Lipinski definition) is 4. The fourth-order valence-corrected chi connectivity index (χ4v) is 4.55. The maximum atomic E-state index is 4.68. The number of rotatable bonds is 6. The molecule has 1 saturated carbocycles. The summed E-state index contributed by atoms with van der Waals surface area (Å²) in [6, 6.07) is 0. The predicted molar refractivity (Wildman–Crippen MR) is 108 cm³/mol. The Kier molecular flexibility index (Phi) is 7.25. The molecule has 0 radical (unpaired) electrons. The summed E-state index contributed by atoms with van der Waals surface area (Å²) in [4.78, 5) is 11.5. The van der Waals surface area contributed by atoms with Gasteiger partial charge in [0.25, 0.3) is 0 Å². The maximum Gasteiger partial charge on any atom is 0.191 e. The molecule has 1 aliphatic carbocycles. The Morgan fingerprint density at radius 2 is 2.20 bits per heavy atom. The van der Waals surface area contributed by atoms with Gasteiger partial charge < -0.3 is 15.5 Å². The summed E-state index contributed by atoms with van der Waals surface area (Å²) in [6.45, 7) is 8.39. The first-order valence-corrected chi connectivity index (χ1v) is 10.3. The lowest BCUT2D eigenvalue weighted by Crippen LogP contribution is -2.56. The Balaban J connectivity index is 1.90. The van der Waals surface area contributed by atoms with E-state index in [1.165, 1.54) is 31.4 Å². The van der Waals surface area contributed by atoms with Crippen LogP contribution in [0, 0.1) is 5.92 Å². The van der Waals surface area contributed by atoms with E-state index in [9.17, 15) is 0 Å². The quantitative estimate of drug-likeness (QED) is 0.599. The van der Waals surface area contributed by atoms with Crippen LogP contribution in [0.3, 0.4) is 0 Å². The average molecular weight is 366 g/mol. The number of likely N-dealkylation sites (N-methyl/N-ethyl adjacent to an activating group) is 1. The Morgan fingerprint density at radius 3 is 2.76 bits per heavy atom. The molecule has 1 aromatic rings. The first-order chi connectivity index (χ1) is 11.9. The molecule has 2 atom stereocenters. The van der Waals surface area contributed by atoms with Gasteiger partial charge in [-0.2, -0.15) is 0 Å². The van der Waals surface area contributed by atoms with Crippen molar-refractivity contribution in [2.45, 2.75) is 64.5 Å². The molecule has 2 unspecified atom stereocenters. The zero-order valence-corrected chi connectivity index (χ0v) is 17.5. The first-order valence-electron chi connectivity index (χ1n) is 9.42. The van der Waals surface area contributed by atoms with Gasteiger partial charge in [-0.15, -0.1) is 11.3 Å². The van der Waals surface area contributed by atoms with Gasteiger partial charge in [0.05, 0.1) is 12.2 Å². The van der Waals surface area contributed by atoms with Gasteiger partial charge in [0.15, 0.2) is 5.96 Å². The van der Waals surface area contributed by atoms with E-state index >= 15 is 0 Å². The minimum Gasteiger partial charge on any atom is -0.355 e. The fourth-order valence-electron chi connectivity index (χ4n) is 3.66. The number of nitrogens with one attached hydrogen (secondary N) is 2. The molecule has 1 fully saturated rings. The molecule has 0 aliphatic heterocycles. The minimum absolute atomic E-state index is 0.223. The van der Waals surface area contributed by atoms with Gasteiger partial charge in [-0.1, -0.05) is 33.6 Å². The number of nitrogens with zero attached hydrogens (tertiary/aromatic N) is 3. The third kappa shape index (κ3) is 5.42. The predicted octanol–water partition coefficient (Wildman–Crippen LogP) is 3.44. The third-order valence-electron chi connectivity index (χ3n) is 5.39. The number of aliphatic imine (C=N–C) groups is 1. The van der Waals surface area contributed by atoms with Gasteiger partial charge in [0, 0.05) is 24.5 Å². The smallest absolute Gasteiger partial charge is 0.191 e. The highest BCUT2D eigenvalue weighted by Gasteiger charge is 2.36. The van der Waals surface area contributed by atoms with Gasteiger partial charge in [-0.25, -0.2) is 4.98 Å². The van der Waals surface area contributed by atoms with E-state index in [0.29, 0.717) is 5.92 Å². The van der Waals surface area contributed by atoms with Gasteiger partial charge in [0.1, 0.15) is 5.01 Å². The number of guanidine groups is 1. The summed E-state index contributed by atoms with van der Waals surface area (Å²) in [7, 11) is 6.25. The zero-order valence-electron chi connectivity index (χ0n) is 16.7. The third-order valence-corrected chi connectivity index (χ3v) is 6.26. The van der Waals surface area contributed by atoms with Crippen LogP contribution in [0.1, 0.15) is 63.1 Å². The van der Waals surface area contributed by atoms with E-state index in [4.69, 9.17) is 0 Å². The van der Waals surface area contributed by atoms with Crippen LogP contribution >= 0.6 is 11.3 Å². The van der Waals surface area contributed by atoms with Crippen LogP contribution in [-0.2, 0) is 6.54 Å². The molecule has 1 aromatic heterocycles. The molecule has 25 heavy (non-hydrogen) atoms. The van der Waals surface area contributed by atoms with Crippen LogP contribution in [0.2, 0.25) is 0 Å². The molecule has 0 spiro atoms. The lowest BCUT2D eigenvalue weighted by Gasteiger charge is -2.45. The first kappa shape index (κ1) is 20.2. The highest BCUT2D eigenvalue weighted by molar-refractivity contribution is 7.09. The second-order valence-electron chi connectivity index (χ2n) is 7.92. The molecular weight excluding hydrogens is 330 g/mol. The molecule has 2 rings (SSSR count). The van der Waals surface area contributed by atoms with E-state index in [0.717, 1.165) is 30.0 Å². The summed E-state index contributed by atoms with van der Waals surface area (Å²) < 4.78 is 0. The second kappa shape index (κ2) is 8.99. The lowest BCUT2D eigenvalue weighted by molar-refractivity contribution is 0.0795. The van der Waals surface area contributed by atoms with Crippen molar-refractivity contribution in [3.05, 3.63) is 16.1 Å². The van der Waals surface area contributed by atoms with Crippen molar-refractivity contribution in [2.24, 2.45) is 10.9 Å². The molecule has 2 N–H and O–H groups in total.